The molecule has 0 saturated heterocycles. The Hall–Kier alpha value is -2.55. The van der Waals surface area contributed by atoms with Crippen molar-refractivity contribution in [3.8, 4) is 0 Å². The number of benzene rings is 1. The predicted octanol–water partition coefficient (Wildman–Crippen LogP) is 8.06. The number of carbonyl (C=O) groups excluding carboxylic acids is 2. The third-order valence-corrected chi connectivity index (χ3v) is 16.4. The lowest BCUT2D eigenvalue weighted by Crippen LogP contribution is -2.66. The summed E-state index contributed by atoms with van der Waals surface area (Å²) in [7, 11) is 0. The lowest BCUT2D eigenvalue weighted by molar-refractivity contribution is -0.235. The van der Waals surface area contributed by atoms with Gasteiger partial charge in [0.25, 0.3) is 0 Å². The predicted molar refractivity (Wildman–Crippen MR) is 206 cm³/mol. The number of allylic oxidation sites excluding steroid dienone is 1. The van der Waals surface area contributed by atoms with Crippen LogP contribution in [-0.2, 0) is 19.1 Å². The average Bonchev–Trinajstić information content (AvgIpc) is 3.40. The zero-order chi connectivity index (χ0) is 38.9. The van der Waals surface area contributed by atoms with Gasteiger partial charge in [-0.25, -0.2) is 0 Å². The maximum Gasteiger partial charge on any atom is 0.309 e. The number of hydrogen-bond donors (Lipinski definition) is 4. The molecule has 294 valence electrons. The van der Waals surface area contributed by atoms with Gasteiger partial charge in [-0.1, -0.05) is 84.4 Å². The molecule has 5 aliphatic carbocycles. The van der Waals surface area contributed by atoms with Crippen LogP contribution in [-0.4, -0.2) is 58.4 Å². The molecule has 8 heteroatoms. The van der Waals surface area contributed by atoms with E-state index in [-0.39, 0.29) is 64.5 Å². The van der Waals surface area contributed by atoms with Crippen molar-refractivity contribution in [3.05, 3.63) is 47.0 Å². The zero-order valence-electron chi connectivity index (χ0n) is 33.9. The summed E-state index contributed by atoms with van der Waals surface area (Å²) in [4.78, 5) is 38.9. The fourth-order valence-corrected chi connectivity index (χ4v) is 13.3. The van der Waals surface area contributed by atoms with Crippen LogP contribution in [0.3, 0.4) is 0 Å². The summed E-state index contributed by atoms with van der Waals surface area (Å²) in [6.07, 6.45) is 6.81. The highest BCUT2D eigenvalue weighted by Gasteiger charge is 2.70. The van der Waals surface area contributed by atoms with Gasteiger partial charge in [0.2, 0.25) is 0 Å². The number of Topliss-reactive ketones (excluding diaryl/α,β-unsaturated/α-hetero) is 1. The van der Waals surface area contributed by atoms with Crippen molar-refractivity contribution < 1.29 is 34.4 Å². The van der Waals surface area contributed by atoms with Gasteiger partial charge in [-0.15, -0.1) is 0 Å². The summed E-state index contributed by atoms with van der Waals surface area (Å²) in [6.45, 7) is 19.7. The van der Waals surface area contributed by atoms with E-state index in [1.807, 2.05) is 30.3 Å². The Labute approximate surface area is 317 Å². The summed E-state index contributed by atoms with van der Waals surface area (Å²) in [5.74, 6) is -0.120. The van der Waals surface area contributed by atoms with Crippen LogP contribution >= 0.6 is 0 Å². The SMILES string of the molecule is CC(C)C1=C2[C@H]3CC[C@@H]4[C@@]5(C)CC[C@H](OC(=O)CC(C)(C)C(=O)O)C(C)(C)[C@@H]5CC[C@@]4(C)[C@]3(C)CC[C@@]2([C@H](O)CN[C@@H](CO)c2ccccc2)CC1=O. The molecule has 5 aliphatic rings. The lowest BCUT2D eigenvalue weighted by atomic mass is 9.33. The van der Waals surface area contributed by atoms with Gasteiger partial charge in [0, 0.05) is 23.8 Å². The third-order valence-electron chi connectivity index (χ3n) is 16.4. The lowest BCUT2D eigenvalue weighted by Gasteiger charge is -2.72. The average molecular weight is 734 g/mol. The topological polar surface area (TPSA) is 133 Å². The van der Waals surface area contributed by atoms with E-state index in [4.69, 9.17) is 4.74 Å². The molecular weight excluding hydrogens is 666 g/mol. The van der Waals surface area contributed by atoms with Crippen molar-refractivity contribution in [2.24, 2.45) is 56.2 Å². The van der Waals surface area contributed by atoms with E-state index in [2.05, 4.69) is 53.8 Å². The van der Waals surface area contributed by atoms with Gasteiger partial charge in [0.1, 0.15) is 6.10 Å². The standard InChI is InChI=1S/C45H67NO7/c1-27(2)37-31(48)23-45(34(49)25-46-30(26-47)28-13-11-10-12-14-28)22-21-43(8)29(38(37)45)15-16-33-42(7)19-18-35(53-36(50)24-40(3,4)39(51)52)41(5,6)32(42)17-20-44(33,43)9/h10-14,27,29-30,32-35,46-47,49H,15-26H2,1-9H3,(H,51,52)/t29-,30+,32+,33-,34-,35+,42+,43-,44-,45+/m1/s1. The molecule has 4 N–H and O–H groups in total. The number of rotatable bonds is 11. The Balaban J connectivity index is 1.27. The summed E-state index contributed by atoms with van der Waals surface area (Å²) in [5.41, 5.74) is 1.17. The quantitative estimate of drug-likeness (QED) is 0.168. The second-order valence-electron chi connectivity index (χ2n) is 20.1. The first-order valence-corrected chi connectivity index (χ1v) is 20.5. The van der Waals surface area contributed by atoms with Gasteiger partial charge in [-0.3, -0.25) is 14.4 Å². The van der Waals surface area contributed by atoms with E-state index in [0.29, 0.717) is 24.8 Å². The fraction of sp³-hybridized carbons (Fsp3) is 0.756. The summed E-state index contributed by atoms with van der Waals surface area (Å²) < 4.78 is 6.16. The monoisotopic (exact) mass is 733 g/mol. The first-order valence-electron chi connectivity index (χ1n) is 20.5. The Morgan fingerprint density at radius 2 is 1.60 bits per heavy atom. The first-order chi connectivity index (χ1) is 24.7. The number of esters is 1. The van der Waals surface area contributed by atoms with Crippen molar-refractivity contribution in [3.63, 3.8) is 0 Å². The Kier molecular flexibility index (Phi) is 10.5. The van der Waals surface area contributed by atoms with Gasteiger partial charge in [-0.2, -0.15) is 0 Å². The van der Waals surface area contributed by atoms with Crippen LogP contribution in [0.15, 0.2) is 41.5 Å². The van der Waals surface area contributed by atoms with E-state index in [9.17, 15) is 29.7 Å². The van der Waals surface area contributed by atoms with Crippen molar-refractivity contribution in [1.29, 1.82) is 0 Å². The number of aliphatic hydroxyl groups is 2. The van der Waals surface area contributed by atoms with Crippen molar-refractivity contribution in [1.82, 2.24) is 5.32 Å². The number of ether oxygens (including phenoxy) is 1. The molecule has 0 radical (unpaired) electrons. The Bertz CT molecular complexity index is 1610. The summed E-state index contributed by atoms with van der Waals surface area (Å²) in [6, 6.07) is 9.56. The van der Waals surface area contributed by atoms with Gasteiger partial charge in [0.05, 0.1) is 30.6 Å². The van der Waals surface area contributed by atoms with Gasteiger partial charge < -0.3 is 25.4 Å². The Morgan fingerprint density at radius 3 is 2.23 bits per heavy atom. The minimum absolute atomic E-state index is 0.0255. The maximum absolute atomic E-state index is 14.1. The van der Waals surface area contributed by atoms with Gasteiger partial charge in [0.15, 0.2) is 5.78 Å². The molecule has 0 aromatic heterocycles. The highest BCUT2D eigenvalue weighted by Crippen LogP contribution is 2.77. The number of nitrogens with one attached hydrogen (secondary N) is 1. The van der Waals surface area contributed by atoms with E-state index in [1.54, 1.807) is 13.8 Å². The van der Waals surface area contributed by atoms with E-state index >= 15 is 0 Å². The molecule has 0 amide bonds. The van der Waals surface area contributed by atoms with Crippen molar-refractivity contribution in [2.75, 3.05) is 13.2 Å². The molecule has 1 aromatic carbocycles. The summed E-state index contributed by atoms with van der Waals surface area (Å²) in [5, 5.41) is 35.6. The molecule has 4 saturated carbocycles. The number of ketones is 1. The molecule has 10 atom stereocenters. The highest BCUT2D eigenvalue weighted by atomic mass is 16.5. The molecule has 0 aliphatic heterocycles. The van der Waals surface area contributed by atoms with E-state index < -0.39 is 28.9 Å². The smallest absolute Gasteiger partial charge is 0.309 e. The van der Waals surface area contributed by atoms with Crippen LogP contribution < -0.4 is 5.32 Å². The van der Waals surface area contributed by atoms with Crippen LogP contribution in [0.5, 0.6) is 0 Å². The molecular formula is C45H67NO7. The van der Waals surface area contributed by atoms with Crippen LogP contribution in [0.2, 0.25) is 0 Å². The molecule has 8 nitrogen and oxygen atoms in total. The second kappa shape index (κ2) is 13.9. The van der Waals surface area contributed by atoms with Crippen LogP contribution in [0.4, 0.5) is 0 Å². The number of carbonyl (C=O) groups is 3. The van der Waals surface area contributed by atoms with Crippen LogP contribution in [0.1, 0.15) is 138 Å². The van der Waals surface area contributed by atoms with Gasteiger partial charge >= 0.3 is 11.9 Å². The second-order valence-corrected chi connectivity index (χ2v) is 20.1. The largest absolute Gasteiger partial charge is 0.481 e. The maximum atomic E-state index is 14.1. The minimum Gasteiger partial charge on any atom is -0.481 e. The van der Waals surface area contributed by atoms with Crippen LogP contribution in [0.25, 0.3) is 0 Å². The highest BCUT2D eigenvalue weighted by molar-refractivity contribution is 6.00. The molecule has 6 rings (SSSR count). The molecule has 0 heterocycles. The number of hydrogen-bond acceptors (Lipinski definition) is 7. The minimum atomic E-state index is -1.17. The molecule has 1 aromatic rings. The molecule has 4 fully saturated rings. The van der Waals surface area contributed by atoms with Crippen molar-refractivity contribution >= 4 is 17.7 Å². The first kappa shape index (κ1) is 40.1. The van der Waals surface area contributed by atoms with E-state index in [0.717, 1.165) is 62.5 Å². The number of fused-ring (bicyclic) bond motifs is 7. The molecule has 0 unspecified atom stereocenters. The van der Waals surface area contributed by atoms with E-state index in [1.165, 1.54) is 5.57 Å². The number of carboxylic acids is 1. The number of aliphatic hydroxyl groups excluding tert-OH is 2. The van der Waals surface area contributed by atoms with Gasteiger partial charge in [-0.05, 0) is 116 Å². The number of carboxylic acid groups (broad SMARTS) is 1. The zero-order valence-corrected chi connectivity index (χ0v) is 33.9. The molecule has 0 spiro atoms. The fourth-order valence-electron chi connectivity index (χ4n) is 13.3. The third kappa shape index (κ3) is 6.25. The van der Waals surface area contributed by atoms with Crippen LogP contribution in [0, 0.1) is 56.2 Å². The molecule has 0 bridgehead atoms. The van der Waals surface area contributed by atoms with Crippen molar-refractivity contribution in [2.45, 2.75) is 145 Å². The molecule has 53 heavy (non-hydrogen) atoms. The Morgan fingerprint density at radius 1 is 0.925 bits per heavy atom. The number of aliphatic carboxylic acids is 1. The summed E-state index contributed by atoms with van der Waals surface area (Å²) >= 11 is 0. The normalized spacial score (nSPS) is 37.6.